The van der Waals surface area contributed by atoms with Crippen molar-refractivity contribution in [1.82, 2.24) is 9.88 Å². The lowest BCUT2D eigenvalue weighted by Gasteiger charge is -2.31. The predicted molar refractivity (Wildman–Crippen MR) is 153 cm³/mol. The van der Waals surface area contributed by atoms with Crippen LogP contribution in [0.4, 0.5) is 16.2 Å². The molecule has 7 nitrogen and oxygen atoms in total. The number of benzene rings is 2. The van der Waals surface area contributed by atoms with E-state index in [0.717, 1.165) is 22.3 Å². The van der Waals surface area contributed by atoms with E-state index >= 15 is 0 Å². The van der Waals surface area contributed by atoms with Gasteiger partial charge in [0.2, 0.25) is 9.04 Å². The lowest BCUT2D eigenvalue weighted by atomic mass is 9.83. The fraction of sp³-hybridized carbons (Fsp3) is 0.370. The number of nitrogens with zero attached hydrogens (tertiary/aromatic N) is 3. The van der Waals surface area contributed by atoms with Crippen LogP contribution in [-0.4, -0.2) is 51.0 Å². The summed E-state index contributed by atoms with van der Waals surface area (Å²) in [6, 6.07) is 10.4. The lowest BCUT2D eigenvalue weighted by molar-refractivity contribution is 0.102. The number of amides is 3. The second-order valence-corrected chi connectivity index (χ2v) is 13.3. The van der Waals surface area contributed by atoms with Crippen LogP contribution in [0.25, 0.3) is 10.9 Å². The average Bonchev–Trinajstić information content (AvgIpc) is 3.14. The summed E-state index contributed by atoms with van der Waals surface area (Å²) in [5, 5.41) is 4.25. The molecule has 0 spiro atoms. The molecule has 0 atom stereocenters. The molecular formula is C27H31Cl2N4O3Si. The second-order valence-electron chi connectivity index (χ2n) is 10.3. The van der Waals surface area contributed by atoms with Crippen LogP contribution < -0.4 is 10.2 Å². The van der Waals surface area contributed by atoms with Crippen LogP contribution in [0.5, 0.6) is 0 Å². The molecule has 0 aliphatic carbocycles. The molecule has 3 aromatic rings. The van der Waals surface area contributed by atoms with E-state index < -0.39 is 14.9 Å². The molecule has 0 saturated carbocycles. The topological polar surface area (TPSA) is 74.8 Å². The highest BCUT2D eigenvalue weighted by atomic mass is 35.5. The molecule has 2 heterocycles. The fourth-order valence-electron chi connectivity index (χ4n) is 4.56. The maximum atomic E-state index is 13.3. The zero-order valence-corrected chi connectivity index (χ0v) is 24.4. The van der Waals surface area contributed by atoms with Crippen LogP contribution in [-0.2, 0) is 16.4 Å². The number of fused-ring (bicyclic) bond motifs is 1. The van der Waals surface area contributed by atoms with Crippen molar-refractivity contribution in [1.29, 1.82) is 0 Å². The van der Waals surface area contributed by atoms with Gasteiger partial charge in [0, 0.05) is 31.1 Å². The third-order valence-corrected chi connectivity index (χ3v) is 7.59. The standard InChI is InChI=1S/C27H31Cl2N4O3Si/c1-27(2,3)22-20(15-36-37(5)6)30-23-16(24(22)33-14-13-32(4)26(33)35)9-7-12-19(23)31-25(34)21-17(28)10-8-11-18(21)29/h7-12H,13-15H2,1-6H3,(H,31,34). The van der Waals surface area contributed by atoms with E-state index in [-0.39, 0.29) is 27.1 Å². The third kappa shape index (κ3) is 5.48. The fourth-order valence-corrected chi connectivity index (χ4v) is 5.55. The highest BCUT2D eigenvalue weighted by Crippen LogP contribution is 2.42. The first-order chi connectivity index (χ1) is 17.4. The van der Waals surface area contributed by atoms with Crippen LogP contribution in [0.15, 0.2) is 36.4 Å². The van der Waals surface area contributed by atoms with Crippen molar-refractivity contribution in [3.05, 3.63) is 63.3 Å². The Morgan fingerprint density at radius 1 is 1.11 bits per heavy atom. The van der Waals surface area contributed by atoms with E-state index in [1.165, 1.54) is 0 Å². The minimum absolute atomic E-state index is 0.0714. The molecule has 0 unspecified atom stereocenters. The Morgan fingerprint density at radius 3 is 2.32 bits per heavy atom. The predicted octanol–water partition coefficient (Wildman–Crippen LogP) is 6.73. The molecule has 1 radical (unpaired) electrons. The number of hydrogen-bond acceptors (Lipinski definition) is 4. The summed E-state index contributed by atoms with van der Waals surface area (Å²) in [7, 11) is 0.802. The molecular weight excluding hydrogens is 527 g/mol. The molecule has 37 heavy (non-hydrogen) atoms. The Hall–Kier alpha value is -2.65. The van der Waals surface area contributed by atoms with Gasteiger partial charge in [-0.05, 0) is 36.7 Å². The van der Waals surface area contributed by atoms with E-state index in [4.69, 9.17) is 32.6 Å². The van der Waals surface area contributed by atoms with Crippen molar-refractivity contribution >= 4 is 66.5 Å². The number of anilines is 2. The first-order valence-corrected chi connectivity index (χ1v) is 15.2. The van der Waals surface area contributed by atoms with Crippen LogP contribution >= 0.6 is 23.2 Å². The summed E-state index contributed by atoms with van der Waals surface area (Å²) in [5.41, 5.74) is 3.46. The summed E-state index contributed by atoms with van der Waals surface area (Å²) in [4.78, 5) is 35.1. The van der Waals surface area contributed by atoms with Crippen LogP contribution in [0, 0.1) is 0 Å². The van der Waals surface area contributed by atoms with Gasteiger partial charge in [0.25, 0.3) is 5.91 Å². The molecule has 10 heteroatoms. The Bertz CT molecular complexity index is 1350. The number of halogens is 2. The van der Waals surface area contributed by atoms with Crippen molar-refractivity contribution in [2.45, 2.75) is 45.9 Å². The van der Waals surface area contributed by atoms with Crippen LogP contribution in [0.3, 0.4) is 0 Å². The number of para-hydroxylation sites is 1. The normalized spacial score (nSPS) is 14.2. The van der Waals surface area contributed by atoms with Crippen molar-refractivity contribution in [2.24, 2.45) is 0 Å². The number of carbonyl (C=O) groups is 2. The Balaban J connectivity index is 1.96. The Labute approximate surface area is 229 Å². The number of aromatic nitrogens is 1. The van der Waals surface area contributed by atoms with Gasteiger partial charge in [-0.3, -0.25) is 9.69 Å². The largest absolute Gasteiger partial charge is 0.411 e. The number of nitrogens with one attached hydrogen (secondary N) is 1. The van der Waals surface area contributed by atoms with Crippen molar-refractivity contribution in [3.8, 4) is 0 Å². The van der Waals surface area contributed by atoms with E-state index in [1.807, 2.05) is 17.0 Å². The van der Waals surface area contributed by atoms with Gasteiger partial charge in [-0.15, -0.1) is 0 Å². The van der Waals surface area contributed by atoms with Gasteiger partial charge in [0.1, 0.15) is 0 Å². The second kappa shape index (κ2) is 10.6. The summed E-state index contributed by atoms with van der Waals surface area (Å²) in [5.74, 6) is -0.436. The molecule has 195 valence electrons. The van der Waals surface area contributed by atoms with Crippen LogP contribution in [0.2, 0.25) is 23.1 Å². The Kier molecular flexibility index (Phi) is 7.85. The van der Waals surface area contributed by atoms with E-state index in [9.17, 15) is 9.59 Å². The number of urea groups is 1. The zero-order chi connectivity index (χ0) is 27.1. The summed E-state index contributed by atoms with van der Waals surface area (Å²) in [6.45, 7) is 12.0. The first-order valence-electron chi connectivity index (χ1n) is 12.1. The van der Waals surface area contributed by atoms with E-state index in [2.05, 4.69) is 39.2 Å². The lowest BCUT2D eigenvalue weighted by Crippen LogP contribution is -2.32. The number of rotatable bonds is 6. The SMILES string of the molecule is CN1CCN(c2c(C(C)(C)C)c(CO[Si](C)C)nc3c(NC(=O)c4c(Cl)cccc4Cl)cccc23)C1=O. The van der Waals surface area contributed by atoms with Gasteiger partial charge < -0.3 is 14.6 Å². The molecule has 1 aliphatic rings. The summed E-state index contributed by atoms with van der Waals surface area (Å²) >= 11 is 12.6. The van der Waals surface area contributed by atoms with Crippen LogP contribution in [0.1, 0.15) is 42.4 Å². The van der Waals surface area contributed by atoms with Gasteiger partial charge in [-0.1, -0.05) is 62.2 Å². The van der Waals surface area contributed by atoms with Gasteiger partial charge in [0.15, 0.2) is 0 Å². The molecule has 1 fully saturated rings. The molecule has 1 aromatic heterocycles. The minimum Gasteiger partial charge on any atom is -0.411 e. The highest BCUT2D eigenvalue weighted by Gasteiger charge is 2.35. The number of hydrogen-bond donors (Lipinski definition) is 1. The quantitative estimate of drug-likeness (QED) is 0.341. The first kappa shape index (κ1) is 27.4. The maximum absolute atomic E-state index is 13.3. The minimum atomic E-state index is -0.998. The summed E-state index contributed by atoms with van der Waals surface area (Å²) in [6.07, 6.45) is 0. The monoisotopic (exact) mass is 557 g/mol. The smallest absolute Gasteiger partial charge is 0.324 e. The number of carbonyl (C=O) groups excluding carboxylic acids is 2. The number of likely N-dealkylation sites (N-methyl/N-ethyl adjacent to an activating group) is 1. The maximum Gasteiger partial charge on any atom is 0.324 e. The highest BCUT2D eigenvalue weighted by molar-refractivity contribution is 6.48. The summed E-state index contributed by atoms with van der Waals surface area (Å²) < 4.78 is 6.10. The van der Waals surface area contributed by atoms with E-state index in [0.29, 0.717) is 30.9 Å². The molecule has 1 N–H and O–H groups in total. The van der Waals surface area contributed by atoms with Gasteiger partial charge in [0.05, 0.1) is 44.8 Å². The molecule has 3 amide bonds. The van der Waals surface area contributed by atoms with Crippen molar-refractivity contribution in [3.63, 3.8) is 0 Å². The van der Waals surface area contributed by atoms with Gasteiger partial charge >= 0.3 is 6.03 Å². The molecule has 1 aliphatic heterocycles. The number of pyridine rings is 1. The molecule has 2 aromatic carbocycles. The molecule has 4 rings (SSSR count). The van der Waals surface area contributed by atoms with Crippen molar-refractivity contribution < 1.29 is 14.0 Å². The van der Waals surface area contributed by atoms with E-state index in [1.54, 1.807) is 36.2 Å². The van der Waals surface area contributed by atoms with Crippen molar-refractivity contribution in [2.75, 3.05) is 30.4 Å². The van der Waals surface area contributed by atoms with Gasteiger partial charge in [-0.25, -0.2) is 9.78 Å². The third-order valence-electron chi connectivity index (χ3n) is 6.24. The van der Waals surface area contributed by atoms with Gasteiger partial charge in [-0.2, -0.15) is 0 Å². The molecule has 1 saturated heterocycles. The molecule has 0 bridgehead atoms. The Morgan fingerprint density at radius 2 is 1.76 bits per heavy atom. The average molecular weight is 559 g/mol. The zero-order valence-electron chi connectivity index (χ0n) is 21.9.